The Morgan fingerprint density at radius 1 is 0.909 bits per heavy atom. The number of nitrogens with zero attached hydrogens (tertiary/aromatic N) is 5. The van der Waals surface area contributed by atoms with Crippen molar-refractivity contribution >= 4 is 11.5 Å². The van der Waals surface area contributed by atoms with Gasteiger partial charge in [0.1, 0.15) is 18.1 Å². The Hall–Kier alpha value is -6.15. The highest BCUT2D eigenvalue weighted by atomic mass is 16.3. The van der Waals surface area contributed by atoms with Crippen molar-refractivity contribution in [1.29, 1.82) is 0 Å². The normalized spacial score (nSPS) is 14.8. The lowest BCUT2D eigenvalue weighted by molar-refractivity contribution is 0.397. The van der Waals surface area contributed by atoms with Crippen molar-refractivity contribution < 1.29 is 5.11 Å². The number of azo groups is 2. The minimum Gasteiger partial charge on any atom is -0.510 e. The molecule has 0 heterocycles. The number of hydrogen-bond acceptors (Lipinski definition) is 7. The molecule has 0 unspecified atom stereocenters. The number of aryl methyl sites for hydroxylation is 1. The Labute approximate surface area is 332 Å². The number of amidine groups is 1. The Morgan fingerprint density at radius 3 is 2.15 bits per heavy atom. The van der Waals surface area contributed by atoms with Gasteiger partial charge in [-0.2, -0.15) is 20.5 Å². The van der Waals surface area contributed by atoms with Crippen LogP contribution in [-0.4, -0.2) is 24.0 Å². The van der Waals surface area contributed by atoms with Gasteiger partial charge in [0.15, 0.2) is 0 Å². The van der Waals surface area contributed by atoms with Gasteiger partial charge in [-0.05, 0) is 107 Å². The number of aliphatic imine (C=N–C) groups is 1. The van der Waals surface area contributed by atoms with Crippen molar-refractivity contribution in [2.75, 3.05) is 13.1 Å². The molecule has 8 nitrogen and oxygen atoms in total. The van der Waals surface area contributed by atoms with Gasteiger partial charge in [-0.25, -0.2) is 4.99 Å². The Morgan fingerprint density at radius 2 is 1.56 bits per heavy atom. The van der Waals surface area contributed by atoms with Gasteiger partial charge in [0.2, 0.25) is 0 Å². The summed E-state index contributed by atoms with van der Waals surface area (Å²) < 4.78 is 0. The minimum atomic E-state index is -0.0134. The smallest absolute Gasteiger partial charge is 0.125 e. The van der Waals surface area contributed by atoms with Crippen LogP contribution in [0.25, 0.3) is 0 Å². The quantitative estimate of drug-likeness (QED) is 0.0493. The molecule has 0 fully saturated rings. The van der Waals surface area contributed by atoms with E-state index in [1.54, 1.807) is 30.5 Å². The first kappa shape index (κ1) is 51.0. The van der Waals surface area contributed by atoms with Crippen molar-refractivity contribution in [1.82, 2.24) is 5.32 Å². The average molecular weight is 744 g/mol. The van der Waals surface area contributed by atoms with Crippen LogP contribution in [-0.2, 0) is 0 Å². The maximum atomic E-state index is 11.1. The lowest BCUT2D eigenvalue weighted by atomic mass is 10.0. The fourth-order valence-electron chi connectivity index (χ4n) is 4.01. The van der Waals surface area contributed by atoms with Crippen LogP contribution < -0.4 is 11.1 Å². The van der Waals surface area contributed by atoms with Crippen LogP contribution >= 0.6 is 0 Å². The summed E-state index contributed by atoms with van der Waals surface area (Å²) in [5, 5.41) is 31.6. The molecule has 8 heteroatoms. The van der Waals surface area contributed by atoms with Crippen molar-refractivity contribution in [2.24, 2.45) is 31.2 Å². The summed E-state index contributed by atoms with van der Waals surface area (Å²) in [6.07, 6.45) is 29.2. The fourth-order valence-corrected chi connectivity index (χ4v) is 4.01. The lowest BCUT2D eigenvalue weighted by Crippen LogP contribution is -2.21. The van der Waals surface area contributed by atoms with E-state index in [2.05, 4.69) is 69.7 Å². The van der Waals surface area contributed by atoms with Gasteiger partial charge >= 0.3 is 0 Å². The first-order valence-electron chi connectivity index (χ1n) is 18.3. The van der Waals surface area contributed by atoms with Crippen LogP contribution in [0.3, 0.4) is 0 Å². The SMILES string of the molecule is C=C(NC(C)=Nc1ccccc1C)C(/C=C1/C=CC=CC1)=C(\O)CN=NC1=CCC(C)=C(N=NC/C=C\C(C)=C/N)C=C1.C=CC.C=CC.C=CC=C.CC. The summed E-state index contributed by atoms with van der Waals surface area (Å²) in [6, 6.07) is 7.90. The van der Waals surface area contributed by atoms with Gasteiger partial charge in [0.05, 0.1) is 23.6 Å². The number of benzene rings is 1. The summed E-state index contributed by atoms with van der Waals surface area (Å²) in [4.78, 5) is 4.68. The predicted octanol–water partition coefficient (Wildman–Crippen LogP) is 13.6. The van der Waals surface area contributed by atoms with E-state index in [0.717, 1.165) is 40.1 Å². The molecular formula is C47H65N7O. The number of nitrogens with two attached hydrogens (primary N) is 1. The van der Waals surface area contributed by atoms with Crippen LogP contribution in [0.4, 0.5) is 5.69 Å². The van der Waals surface area contributed by atoms with Gasteiger partial charge in [-0.3, -0.25) is 0 Å². The third-order valence-corrected chi connectivity index (χ3v) is 6.66. The summed E-state index contributed by atoms with van der Waals surface area (Å²) in [6.45, 7) is 33.7. The van der Waals surface area contributed by atoms with Crippen molar-refractivity contribution in [3.63, 3.8) is 0 Å². The minimum absolute atomic E-state index is 0.0134. The van der Waals surface area contributed by atoms with Crippen LogP contribution in [0, 0.1) is 6.92 Å². The highest BCUT2D eigenvalue weighted by Crippen LogP contribution is 2.22. The van der Waals surface area contributed by atoms with Gasteiger partial charge in [0.25, 0.3) is 0 Å². The van der Waals surface area contributed by atoms with Crippen molar-refractivity contribution in [3.8, 4) is 0 Å². The molecule has 0 saturated carbocycles. The summed E-state index contributed by atoms with van der Waals surface area (Å²) in [5.41, 5.74) is 13.0. The highest BCUT2D eigenvalue weighted by Gasteiger charge is 2.11. The summed E-state index contributed by atoms with van der Waals surface area (Å²) in [5.74, 6) is 0.710. The number of aliphatic hydroxyl groups excluding tert-OH is 1. The predicted molar refractivity (Wildman–Crippen MR) is 241 cm³/mol. The summed E-state index contributed by atoms with van der Waals surface area (Å²) >= 11 is 0. The Balaban J connectivity index is 0. The molecule has 0 atom stereocenters. The molecule has 0 radical (unpaired) electrons. The molecule has 0 bridgehead atoms. The third-order valence-electron chi connectivity index (χ3n) is 6.66. The van der Waals surface area contributed by atoms with E-state index >= 15 is 0 Å². The van der Waals surface area contributed by atoms with E-state index in [-0.39, 0.29) is 12.3 Å². The van der Waals surface area contributed by atoms with E-state index in [4.69, 9.17) is 5.73 Å². The van der Waals surface area contributed by atoms with Gasteiger partial charge in [0, 0.05) is 11.3 Å². The first-order chi connectivity index (χ1) is 26.5. The van der Waals surface area contributed by atoms with E-state index in [9.17, 15) is 5.11 Å². The fraction of sp³-hybridized carbons (Fsp3) is 0.255. The molecule has 0 amide bonds. The lowest BCUT2D eigenvalue weighted by Gasteiger charge is -2.14. The van der Waals surface area contributed by atoms with Gasteiger partial charge in [-0.1, -0.05) is 119 Å². The summed E-state index contributed by atoms with van der Waals surface area (Å²) in [7, 11) is 0. The molecule has 294 valence electrons. The highest BCUT2D eigenvalue weighted by molar-refractivity contribution is 5.85. The molecule has 0 aromatic heterocycles. The molecule has 4 N–H and O–H groups in total. The third kappa shape index (κ3) is 24.7. The second kappa shape index (κ2) is 33.7. The van der Waals surface area contributed by atoms with E-state index in [1.807, 2.05) is 134 Å². The zero-order valence-electron chi connectivity index (χ0n) is 34.6. The van der Waals surface area contributed by atoms with Crippen LogP contribution in [0.1, 0.15) is 66.9 Å². The molecule has 2 aliphatic rings. The van der Waals surface area contributed by atoms with Crippen LogP contribution in [0.5, 0.6) is 0 Å². The Bertz CT molecular complexity index is 1740. The second-order valence-electron chi connectivity index (χ2n) is 11.4. The Kier molecular flexibility index (Phi) is 31.2. The molecule has 1 aromatic carbocycles. The number of aliphatic hydroxyl groups is 1. The zero-order chi connectivity index (χ0) is 41.9. The number of allylic oxidation sites excluding steroid dienone is 16. The topological polar surface area (TPSA) is 120 Å². The van der Waals surface area contributed by atoms with E-state index < -0.39 is 0 Å². The van der Waals surface area contributed by atoms with Gasteiger partial charge < -0.3 is 16.2 Å². The number of hydrogen-bond donors (Lipinski definition) is 3. The molecule has 3 rings (SSSR count). The number of para-hydroxylation sites is 1. The molecular weight excluding hydrogens is 679 g/mol. The number of rotatable bonds is 12. The average Bonchev–Trinajstić information content (AvgIpc) is 3.36. The van der Waals surface area contributed by atoms with Crippen molar-refractivity contribution in [3.05, 3.63) is 199 Å². The first-order valence-corrected chi connectivity index (χ1v) is 18.3. The van der Waals surface area contributed by atoms with E-state index in [1.165, 1.54) is 0 Å². The maximum Gasteiger partial charge on any atom is 0.125 e. The molecule has 2 aliphatic carbocycles. The number of nitrogens with one attached hydrogen (secondary N) is 1. The standard InChI is InChI=1S/C35H41N7O.C4H6.2C3H6.C2H6/c1-25(23-36)12-11-21-37-42-34-20-19-31(18-17-27(34)3)41-38-24-35(43)32(22-30-14-7-6-8-15-30)28(4)39-29(5)40-33-16-10-9-13-26(33)2;1-3-4-2;2*1-3-2;1-2/h6-14,16,18-20,22-23,43H,4,15,17,21,24,36H2,1-3,5H3,(H,39,40);3-4H,1-2H2;2*3H,1H2,2H3;1-2H3/b12-11-,25-23-,30-22-,35-32-,41-38?,42-37?;;;;. The molecule has 0 aliphatic heterocycles. The monoisotopic (exact) mass is 744 g/mol. The zero-order valence-corrected chi connectivity index (χ0v) is 34.6. The largest absolute Gasteiger partial charge is 0.510 e. The van der Waals surface area contributed by atoms with Gasteiger partial charge in [-0.15, -0.1) is 13.2 Å². The van der Waals surface area contributed by atoms with Crippen molar-refractivity contribution in [2.45, 2.75) is 68.2 Å². The molecule has 0 saturated heterocycles. The van der Waals surface area contributed by atoms with E-state index in [0.29, 0.717) is 35.8 Å². The molecule has 1 aromatic rings. The molecule has 55 heavy (non-hydrogen) atoms. The van der Waals surface area contributed by atoms with Crippen LogP contribution in [0.15, 0.2) is 219 Å². The maximum absolute atomic E-state index is 11.1. The molecule has 0 spiro atoms. The van der Waals surface area contributed by atoms with Crippen LogP contribution in [0.2, 0.25) is 0 Å². The second-order valence-corrected chi connectivity index (χ2v) is 11.4.